The molecule has 7 heteroatoms. The van der Waals surface area contributed by atoms with Crippen molar-refractivity contribution in [2.45, 2.75) is 6.92 Å². The van der Waals surface area contributed by atoms with Crippen molar-refractivity contribution < 1.29 is 28.5 Å². The van der Waals surface area contributed by atoms with Crippen molar-refractivity contribution in [2.75, 3.05) is 20.8 Å². The van der Waals surface area contributed by atoms with E-state index in [1.165, 1.54) is 25.3 Å². The van der Waals surface area contributed by atoms with Gasteiger partial charge >= 0.3 is 11.9 Å². The molecule has 7 nitrogen and oxygen atoms in total. The molecule has 0 radical (unpaired) electrons. The second-order valence-corrected chi connectivity index (χ2v) is 5.83. The number of methoxy groups -OCH3 is 2. The highest BCUT2D eigenvalue weighted by Crippen LogP contribution is 2.29. The molecule has 30 heavy (non-hydrogen) atoms. The fraction of sp³-hybridized carbons (Fsp3) is 0.174. The average molecular weight is 407 g/mol. The first-order chi connectivity index (χ1) is 14.5. The van der Waals surface area contributed by atoms with Crippen LogP contribution in [0.4, 0.5) is 0 Å². The molecule has 0 atom stereocenters. The van der Waals surface area contributed by atoms with Crippen LogP contribution in [0, 0.1) is 11.3 Å². The fourth-order valence-corrected chi connectivity index (χ4v) is 2.39. The molecule has 0 heterocycles. The molecule has 0 aliphatic heterocycles. The number of benzene rings is 2. The minimum atomic E-state index is -0.710. The molecule has 0 N–H and O–H groups in total. The average Bonchev–Trinajstić information content (AvgIpc) is 2.77. The van der Waals surface area contributed by atoms with Gasteiger partial charge in [0.1, 0.15) is 17.4 Å². The second-order valence-electron chi connectivity index (χ2n) is 5.83. The maximum atomic E-state index is 12.1. The Hall–Kier alpha value is -4.05. The van der Waals surface area contributed by atoms with E-state index in [0.29, 0.717) is 5.56 Å². The SMILES string of the molecule is CCOC(=O)/C(C#N)=C/c1ccc(OC(=O)/C=C/c2ccc(OC)cc2)c(OC)c1. The lowest BCUT2D eigenvalue weighted by molar-refractivity contribution is -0.138. The summed E-state index contributed by atoms with van der Waals surface area (Å²) in [6, 6.07) is 13.6. The number of nitrogens with zero attached hydrogens (tertiary/aromatic N) is 1. The highest BCUT2D eigenvalue weighted by Gasteiger charge is 2.12. The Morgan fingerprint density at radius 3 is 2.30 bits per heavy atom. The normalized spacial score (nSPS) is 10.9. The van der Waals surface area contributed by atoms with E-state index in [2.05, 4.69) is 0 Å². The zero-order valence-electron chi connectivity index (χ0n) is 16.9. The van der Waals surface area contributed by atoms with Crippen molar-refractivity contribution in [3.8, 4) is 23.3 Å². The summed E-state index contributed by atoms with van der Waals surface area (Å²) in [5, 5.41) is 9.13. The van der Waals surface area contributed by atoms with Crippen LogP contribution in [0.25, 0.3) is 12.2 Å². The number of hydrogen-bond acceptors (Lipinski definition) is 7. The van der Waals surface area contributed by atoms with Crippen LogP contribution in [-0.2, 0) is 14.3 Å². The van der Waals surface area contributed by atoms with Gasteiger partial charge in [-0.3, -0.25) is 0 Å². The number of rotatable bonds is 8. The summed E-state index contributed by atoms with van der Waals surface area (Å²) in [6.45, 7) is 1.82. The van der Waals surface area contributed by atoms with E-state index in [0.717, 1.165) is 11.3 Å². The largest absolute Gasteiger partial charge is 0.497 e. The predicted octanol–water partition coefficient (Wildman–Crippen LogP) is 3.79. The van der Waals surface area contributed by atoms with Crippen molar-refractivity contribution >= 4 is 24.1 Å². The molecule has 0 saturated heterocycles. The summed E-state index contributed by atoms with van der Waals surface area (Å²) >= 11 is 0. The molecule has 2 aromatic carbocycles. The number of carbonyl (C=O) groups is 2. The molecule has 0 aliphatic rings. The van der Waals surface area contributed by atoms with Crippen molar-refractivity contribution in [1.82, 2.24) is 0 Å². The van der Waals surface area contributed by atoms with Gasteiger partial charge in [0.2, 0.25) is 0 Å². The summed E-state index contributed by atoms with van der Waals surface area (Å²) in [7, 11) is 3.00. The lowest BCUT2D eigenvalue weighted by Gasteiger charge is -2.09. The number of hydrogen-bond donors (Lipinski definition) is 0. The Morgan fingerprint density at radius 1 is 1.00 bits per heavy atom. The zero-order valence-corrected chi connectivity index (χ0v) is 16.9. The Bertz CT molecular complexity index is 999. The first-order valence-corrected chi connectivity index (χ1v) is 9.01. The molecule has 0 saturated carbocycles. The molecule has 2 aromatic rings. The lowest BCUT2D eigenvalue weighted by Crippen LogP contribution is -2.06. The summed E-state index contributed by atoms with van der Waals surface area (Å²) < 4.78 is 20.5. The molecule has 0 bridgehead atoms. The van der Waals surface area contributed by atoms with Gasteiger partial charge in [-0.2, -0.15) is 5.26 Å². The third-order valence-corrected chi connectivity index (χ3v) is 3.85. The standard InChI is InChI=1S/C23H21NO6/c1-4-29-23(26)18(15-24)13-17-7-11-20(21(14-17)28-3)30-22(25)12-8-16-5-9-19(27-2)10-6-16/h5-14H,4H2,1-3H3/b12-8+,18-13+. The van der Waals surface area contributed by atoms with Gasteiger partial charge in [0.25, 0.3) is 0 Å². The summed E-state index contributed by atoms with van der Waals surface area (Å²) in [4.78, 5) is 23.9. The summed E-state index contributed by atoms with van der Waals surface area (Å²) in [5.41, 5.74) is 1.18. The number of ether oxygens (including phenoxy) is 4. The number of esters is 2. The Labute approximate surface area is 174 Å². The molecule has 0 aliphatic carbocycles. The van der Waals surface area contributed by atoms with Crippen LogP contribution in [0.5, 0.6) is 17.2 Å². The molecular weight excluding hydrogens is 386 g/mol. The highest BCUT2D eigenvalue weighted by molar-refractivity contribution is 5.98. The first kappa shape index (κ1) is 22.2. The van der Waals surface area contributed by atoms with Crippen LogP contribution in [0.2, 0.25) is 0 Å². The monoisotopic (exact) mass is 407 g/mol. The van der Waals surface area contributed by atoms with Gasteiger partial charge in [-0.25, -0.2) is 9.59 Å². The Balaban J connectivity index is 2.14. The third kappa shape index (κ3) is 6.24. The predicted molar refractivity (Wildman–Crippen MR) is 111 cm³/mol. The molecule has 0 amide bonds. The van der Waals surface area contributed by atoms with Crippen molar-refractivity contribution in [3.63, 3.8) is 0 Å². The van der Waals surface area contributed by atoms with Gasteiger partial charge in [0.15, 0.2) is 11.5 Å². The third-order valence-electron chi connectivity index (χ3n) is 3.85. The minimum Gasteiger partial charge on any atom is -0.497 e. The van der Waals surface area contributed by atoms with E-state index in [9.17, 15) is 9.59 Å². The minimum absolute atomic E-state index is 0.147. The van der Waals surface area contributed by atoms with E-state index < -0.39 is 11.9 Å². The molecular formula is C23H21NO6. The van der Waals surface area contributed by atoms with Crippen molar-refractivity contribution in [2.24, 2.45) is 0 Å². The van der Waals surface area contributed by atoms with E-state index >= 15 is 0 Å². The Kier molecular flexibility index (Phi) is 8.21. The number of nitriles is 1. The quantitative estimate of drug-likeness (QED) is 0.284. The van der Waals surface area contributed by atoms with E-state index in [-0.39, 0.29) is 23.7 Å². The van der Waals surface area contributed by atoms with Crippen LogP contribution >= 0.6 is 0 Å². The van der Waals surface area contributed by atoms with Gasteiger partial charge in [0, 0.05) is 6.08 Å². The van der Waals surface area contributed by atoms with E-state index in [1.54, 1.807) is 62.6 Å². The Morgan fingerprint density at radius 2 is 1.70 bits per heavy atom. The van der Waals surface area contributed by atoms with Gasteiger partial charge in [-0.1, -0.05) is 18.2 Å². The van der Waals surface area contributed by atoms with Crippen LogP contribution in [0.15, 0.2) is 54.1 Å². The lowest BCUT2D eigenvalue weighted by atomic mass is 10.1. The molecule has 0 spiro atoms. The van der Waals surface area contributed by atoms with E-state index in [1.807, 2.05) is 0 Å². The zero-order chi connectivity index (χ0) is 21.9. The van der Waals surface area contributed by atoms with Crippen LogP contribution in [0.3, 0.4) is 0 Å². The number of carbonyl (C=O) groups excluding carboxylic acids is 2. The fourth-order valence-electron chi connectivity index (χ4n) is 2.39. The maximum Gasteiger partial charge on any atom is 0.348 e. The molecule has 0 unspecified atom stereocenters. The molecule has 0 aromatic heterocycles. The van der Waals surface area contributed by atoms with E-state index in [4.69, 9.17) is 24.2 Å². The van der Waals surface area contributed by atoms with Gasteiger partial charge in [-0.05, 0) is 54.5 Å². The van der Waals surface area contributed by atoms with Crippen LogP contribution < -0.4 is 14.2 Å². The smallest absolute Gasteiger partial charge is 0.348 e. The van der Waals surface area contributed by atoms with Crippen LogP contribution in [0.1, 0.15) is 18.1 Å². The maximum absolute atomic E-state index is 12.1. The van der Waals surface area contributed by atoms with Crippen molar-refractivity contribution in [3.05, 3.63) is 65.2 Å². The first-order valence-electron chi connectivity index (χ1n) is 9.01. The van der Waals surface area contributed by atoms with Gasteiger partial charge in [-0.15, -0.1) is 0 Å². The topological polar surface area (TPSA) is 94.9 Å². The van der Waals surface area contributed by atoms with Gasteiger partial charge in [0.05, 0.1) is 20.8 Å². The highest BCUT2D eigenvalue weighted by atomic mass is 16.6. The van der Waals surface area contributed by atoms with Crippen LogP contribution in [-0.4, -0.2) is 32.8 Å². The molecule has 154 valence electrons. The summed E-state index contributed by atoms with van der Waals surface area (Å²) in [6.07, 6.45) is 4.28. The molecule has 2 rings (SSSR count). The van der Waals surface area contributed by atoms with Gasteiger partial charge < -0.3 is 18.9 Å². The second kappa shape index (κ2) is 11.1. The molecule has 0 fully saturated rings. The summed E-state index contributed by atoms with van der Waals surface area (Å²) in [5.74, 6) is -0.101. The van der Waals surface area contributed by atoms with Crippen molar-refractivity contribution in [1.29, 1.82) is 5.26 Å².